The second-order valence-corrected chi connectivity index (χ2v) is 5.48. The molecular formula is C14H9BrFN3O6. The lowest BCUT2D eigenvalue weighted by Gasteiger charge is -2.09. The van der Waals surface area contributed by atoms with Gasteiger partial charge in [-0.15, -0.1) is 0 Å². The van der Waals surface area contributed by atoms with E-state index in [0.29, 0.717) is 0 Å². The summed E-state index contributed by atoms with van der Waals surface area (Å²) in [6.07, 6.45) is 0. The number of nitro groups is 2. The third-order valence-corrected chi connectivity index (χ3v) is 3.57. The number of carbonyl (C=O) groups excluding carboxylic acids is 1. The van der Waals surface area contributed by atoms with Crippen molar-refractivity contribution in [3.8, 4) is 5.75 Å². The van der Waals surface area contributed by atoms with E-state index in [1.807, 2.05) is 0 Å². The lowest BCUT2D eigenvalue weighted by atomic mass is 10.3. The van der Waals surface area contributed by atoms with Crippen molar-refractivity contribution in [3.05, 3.63) is 66.9 Å². The summed E-state index contributed by atoms with van der Waals surface area (Å²) in [4.78, 5) is 32.0. The summed E-state index contributed by atoms with van der Waals surface area (Å²) in [6, 6.07) is 6.33. The molecule has 0 fully saturated rings. The molecular weight excluding hydrogens is 405 g/mol. The van der Waals surface area contributed by atoms with Crippen molar-refractivity contribution < 1.29 is 23.8 Å². The summed E-state index contributed by atoms with van der Waals surface area (Å²) in [6.45, 7) is -0.617. The van der Waals surface area contributed by atoms with Gasteiger partial charge in [-0.1, -0.05) is 0 Å². The van der Waals surface area contributed by atoms with Crippen LogP contribution in [-0.4, -0.2) is 22.4 Å². The van der Waals surface area contributed by atoms with Crippen molar-refractivity contribution in [2.75, 3.05) is 11.9 Å². The number of anilines is 1. The van der Waals surface area contributed by atoms with Crippen LogP contribution in [0.25, 0.3) is 0 Å². The molecule has 0 saturated heterocycles. The zero-order valence-electron chi connectivity index (χ0n) is 12.3. The number of nitro benzene ring substituents is 2. The second kappa shape index (κ2) is 7.66. The average Bonchev–Trinajstić information content (AvgIpc) is 2.54. The average molecular weight is 414 g/mol. The van der Waals surface area contributed by atoms with Crippen LogP contribution in [0.15, 0.2) is 40.9 Å². The standard InChI is InChI=1S/C14H9BrFN3O6/c15-10-6-9(18(21)22)2-3-11(10)17-14(20)7-25-13-5-8(16)1-4-12(13)19(23)24/h1-6H,7H2,(H,17,20). The molecule has 1 amide bonds. The first-order valence-electron chi connectivity index (χ1n) is 6.58. The maximum absolute atomic E-state index is 13.2. The van der Waals surface area contributed by atoms with Crippen LogP contribution in [0.3, 0.4) is 0 Å². The molecule has 0 heterocycles. The molecule has 0 aliphatic heterocycles. The van der Waals surface area contributed by atoms with Crippen LogP contribution in [-0.2, 0) is 4.79 Å². The zero-order valence-corrected chi connectivity index (χ0v) is 13.9. The molecule has 1 N–H and O–H groups in total. The predicted octanol–water partition coefficient (Wildman–Crippen LogP) is 3.42. The number of halogens is 2. The largest absolute Gasteiger partial charge is 0.477 e. The van der Waals surface area contributed by atoms with Gasteiger partial charge in [-0.3, -0.25) is 25.0 Å². The fourth-order valence-electron chi connectivity index (χ4n) is 1.80. The Balaban J connectivity index is 2.06. The molecule has 0 atom stereocenters. The molecule has 0 spiro atoms. The van der Waals surface area contributed by atoms with Crippen LogP contribution in [0, 0.1) is 26.0 Å². The van der Waals surface area contributed by atoms with Gasteiger partial charge in [0.05, 0.1) is 15.5 Å². The Kier molecular flexibility index (Phi) is 5.60. The summed E-state index contributed by atoms with van der Waals surface area (Å²) in [5, 5.41) is 23.9. The Morgan fingerprint density at radius 1 is 1.16 bits per heavy atom. The van der Waals surface area contributed by atoms with Gasteiger partial charge in [-0.25, -0.2) is 4.39 Å². The van der Waals surface area contributed by atoms with Crippen LogP contribution in [0.5, 0.6) is 5.75 Å². The molecule has 2 aromatic carbocycles. The Bertz CT molecular complexity index is 860. The van der Waals surface area contributed by atoms with Crippen molar-refractivity contribution >= 4 is 38.9 Å². The lowest BCUT2D eigenvalue weighted by molar-refractivity contribution is -0.385. The van der Waals surface area contributed by atoms with Crippen molar-refractivity contribution in [1.82, 2.24) is 0 Å². The summed E-state index contributed by atoms with van der Waals surface area (Å²) >= 11 is 3.08. The van der Waals surface area contributed by atoms with Gasteiger partial charge in [0.1, 0.15) is 5.82 Å². The van der Waals surface area contributed by atoms with E-state index in [0.717, 1.165) is 18.2 Å². The van der Waals surface area contributed by atoms with Crippen LogP contribution >= 0.6 is 15.9 Å². The third kappa shape index (κ3) is 4.70. The van der Waals surface area contributed by atoms with Gasteiger partial charge < -0.3 is 10.1 Å². The molecule has 0 aliphatic carbocycles. The molecule has 11 heteroatoms. The van der Waals surface area contributed by atoms with Crippen molar-refractivity contribution in [2.24, 2.45) is 0 Å². The van der Waals surface area contributed by atoms with Crippen LogP contribution in [0.2, 0.25) is 0 Å². The smallest absolute Gasteiger partial charge is 0.311 e. The molecule has 130 valence electrons. The zero-order chi connectivity index (χ0) is 18.6. The van der Waals surface area contributed by atoms with Gasteiger partial charge in [0.25, 0.3) is 11.6 Å². The third-order valence-electron chi connectivity index (χ3n) is 2.91. The quantitative estimate of drug-likeness (QED) is 0.571. The van der Waals surface area contributed by atoms with Crippen LogP contribution in [0.4, 0.5) is 21.5 Å². The van der Waals surface area contributed by atoms with E-state index >= 15 is 0 Å². The monoisotopic (exact) mass is 413 g/mol. The molecule has 25 heavy (non-hydrogen) atoms. The maximum atomic E-state index is 13.2. The van der Waals surface area contributed by atoms with Crippen LogP contribution in [0.1, 0.15) is 0 Å². The van der Waals surface area contributed by atoms with E-state index in [4.69, 9.17) is 4.74 Å². The minimum Gasteiger partial charge on any atom is -0.477 e. The summed E-state index contributed by atoms with van der Waals surface area (Å²) in [7, 11) is 0. The van der Waals surface area contributed by atoms with Gasteiger partial charge in [0, 0.05) is 28.7 Å². The van der Waals surface area contributed by atoms with Gasteiger partial charge in [-0.05, 0) is 28.1 Å². The normalized spacial score (nSPS) is 10.2. The molecule has 0 radical (unpaired) electrons. The second-order valence-electron chi connectivity index (χ2n) is 4.63. The van der Waals surface area contributed by atoms with E-state index in [1.165, 1.54) is 18.2 Å². The van der Waals surface area contributed by atoms with E-state index in [2.05, 4.69) is 21.2 Å². The van der Waals surface area contributed by atoms with E-state index in [1.54, 1.807) is 0 Å². The first-order valence-corrected chi connectivity index (χ1v) is 7.38. The van der Waals surface area contributed by atoms with Gasteiger partial charge in [0.15, 0.2) is 6.61 Å². The summed E-state index contributed by atoms with van der Waals surface area (Å²) in [5.74, 6) is -1.82. The van der Waals surface area contributed by atoms with Crippen LogP contribution < -0.4 is 10.1 Å². The number of hydrogen-bond donors (Lipinski definition) is 1. The van der Waals surface area contributed by atoms with Gasteiger partial charge in [0.2, 0.25) is 5.75 Å². The first kappa shape index (κ1) is 18.3. The van der Waals surface area contributed by atoms with E-state index < -0.39 is 33.9 Å². The van der Waals surface area contributed by atoms with Gasteiger partial charge >= 0.3 is 5.69 Å². The van der Waals surface area contributed by atoms with Crippen molar-refractivity contribution in [3.63, 3.8) is 0 Å². The molecule has 9 nitrogen and oxygen atoms in total. The Labute approximate surface area is 147 Å². The Morgan fingerprint density at radius 2 is 1.88 bits per heavy atom. The highest BCUT2D eigenvalue weighted by atomic mass is 79.9. The fourth-order valence-corrected chi connectivity index (χ4v) is 2.27. The molecule has 0 unspecified atom stereocenters. The number of benzene rings is 2. The maximum Gasteiger partial charge on any atom is 0.311 e. The van der Waals surface area contributed by atoms with Crippen molar-refractivity contribution in [1.29, 1.82) is 0 Å². The topological polar surface area (TPSA) is 125 Å². The predicted molar refractivity (Wildman–Crippen MR) is 88.0 cm³/mol. The Morgan fingerprint density at radius 3 is 2.48 bits per heavy atom. The van der Waals surface area contributed by atoms with E-state index in [-0.39, 0.29) is 21.6 Å². The number of ether oxygens (including phenoxy) is 1. The number of amides is 1. The SMILES string of the molecule is O=C(COc1cc(F)ccc1[N+](=O)[O-])Nc1ccc([N+](=O)[O-])cc1Br. The summed E-state index contributed by atoms with van der Waals surface area (Å²) in [5.41, 5.74) is -0.407. The number of nitrogens with one attached hydrogen (secondary N) is 1. The fraction of sp³-hybridized carbons (Fsp3) is 0.0714. The molecule has 2 rings (SSSR count). The lowest BCUT2D eigenvalue weighted by Crippen LogP contribution is -2.20. The number of rotatable bonds is 6. The van der Waals surface area contributed by atoms with Crippen molar-refractivity contribution in [2.45, 2.75) is 0 Å². The first-order chi connectivity index (χ1) is 11.8. The minimum atomic E-state index is -0.764. The number of hydrogen-bond acceptors (Lipinski definition) is 6. The minimum absolute atomic E-state index is 0.170. The molecule has 0 bridgehead atoms. The molecule has 2 aromatic rings. The highest BCUT2D eigenvalue weighted by molar-refractivity contribution is 9.10. The van der Waals surface area contributed by atoms with Gasteiger partial charge in [-0.2, -0.15) is 0 Å². The number of carbonyl (C=O) groups is 1. The molecule has 0 saturated carbocycles. The number of non-ortho nitro benzene ring substituents is 1. The molecule has 0 aliphatic rings. The number of nitrogens with zero attached hydrogens (tertiary/aromatic N) is 2. The molecule has 0 aromatic heterocycles. The highest BCUT2D eigenvalue weighted by Gasteiger charge is 2.17. The Hall–Kier alpha value is -3.08. The summed E-state index contributed by atoms with van der Waals surface area (Å²) < 4.78 is 18.4. The van der Waals surface area contributed by atoms with E-state index in [9.17, 15) is 29.4 Å². The highest BCUT2D eigenvalue weighted by Crippen LogP contribution is 2.28.